The summed E-state index contributed by atoms with van der Waals surface area (Å²) in [6, 6.07) is 31.4. The topological polar surface area (TPSA) is 73.8 Å². The molecule has 7 heteroatoms. The van der Waals surface area contributed by atoms with E-state index in [1.165, 1.54) is 28.5 Å². The van der Waals surface area contributed by atoms with Crippen LogP contribution in [0.1, 0.15) is 17.0 Å². The summed E-state index contributed by atoms with van der Waals surface area (Å²) >= 11 is 1.56. The molecule has 0 atom stereocenters. The van der Waals surface area contributed by atoms with E-state index in [1.807, 2.05) is 36.4 Å². The highest BCUT2D eigenvalue weighted by molar-refractivity contribution is 7.98. The zero-order valence-corrected chi connectivity index (χ0v) is 18.5. The molecule has 0 aliphatic rings. The van der Waals surface area contributed by atoms with Gasteiger partial charge in [0, 0.05) is 30.0 Å². The van der Waals surface area contributed by atoms with E-state index in [0.29, 0.717) is 12.2 Å². The van der Waals surface area contributed by atoms with Gasteiger partial charge in [0.15, 0.2) is 5.16 Å². The van der Waals surface area contributed by atoms with Crippen LogP contribution >= 0.6 is 11.8 Å². The predicted octanol–water partition coefficient (Wildman–Crippen LogP) is 6.21. The van der Waals surface area contributed by atoms with E-state index in [9.17, 15) is 10.1 Å². The second kappa shape index (κ2) is 9.26. The largest absolute Gasteiger partial charge is 0.274 e. The molecule has 0 fully saturated rings. The Morgan fingerprint density at radius 2 is 1.55 bits per heavy atom. The Morgan fingerprint density at radius 1 is 0.818 bits per heavy atom. The fraction of sp³-hybridized carbons (Fsp3) is 0.0769. The van der Waals surface area contributed by atoms with Crippen LogP contribution in [0.25, 0.3) is 16.5 Å². The van der Waals surface area contributed by atoms with Crippen molar-refractivity contribution in [3.05, 3.63) is 124 Å². The lowest BCUT2D eigenvalue weighted by Crippen LogP contribution is -2.04. The monoisotopic (exact) mass is 452 g/mol. The first-order valence-corrected chi connectivity index (χ1v) is 11.5. The Morgan fingerprint density at radius 3 is 2.33 bits per heavy atom. The van der Waals surface area contributed by atoms with E-state index in [-0.39, 0.29) is 10.6 Å². The molecule has 5 aromatic rings. The number of para-hydroxylation sites is 1. The lowest BCUT2D eigenvalue weighted by atomic mass is 10.0. The molecular weight excluding hydrogens is 432 g/mol. The minimum Gasteiger partial charge on any atom is -0.274 e. The van der Waals surface area contributed by atoms with Crippen LogP contribution in [0.4, 0.5) is 5.69 Å². The van der Waals surface area contributed by atoms with Crippen LogP contribution in [-0.4, -0.2) is 19.7 Å². The Hall–Kier alpha value is -3.97. The normalized spacial score (nSPS) is 11.0. The van der Waals surface area contributed by atoms with Gasteiger partial charge in [0.2, 0.25) is 0 Å². The number of hydrogen-bond acceptors (Lipinski definition) is 5. The Labute approximate surface area is 195 Å². The van der Waals surface area contributed by atoms with Crippen LogP contribution in [0.2, 0.25) is 0 Å². The average Bonchev–Trinajstić information content (AvgIpc) is 3.26. The van der Waals surface area contributed by atoms with Crippen molar-refractivity contribution in [2.45, 2.75) is 17.3 Å². The van der Waals surface area contributed by atoms with Crippen LogP contribution in [0.15, 0.2) is 102 Å². The van der Waals surface area contributed by atoms with Gasteiger partial charge in [-0.15, -0.1) is 10.2 Å². The molecule has 0 unspecified atom stereocenters. The van der Waals surface area contributed by atoms with Crippen molar-refractivity contribution in [3.8, 4) is 5.69 Å². The number of nitrogens with zero attached hydrogens (tertiary/aromatic N) is 4. The second-order valence-electron chi connectivity index (χ2n) is 7.60. The molecule has 162 valence electrons. The van der Waals surface area contributed by atoms with Crippen LogP contribution in [-0.2, 0) is 12.2 Å². The van der Waals surface area contributed by atoms with Gasteiger partial charge in [0.05, 0.1) is 4.92 Å². The van der Waals surface area contributed by atoms with E-state index in [1.54, 1.807) is 23.9 Å². The summed E-state index contributed by atoms with van der Waals surface area (Å²) in [6.07, 6.45) is 0.654. The summed E-state index contributed by atoms with van der Waals surface area (Å²) in [5.74, 6) is 1.50. The molecule has 4 aromatic carbocycles. The molecule has 0 aliphatic heterocycles. The molecule has 0 radical (unpaired) electrons. The summed E-state index contributed by atoms with van der Waals surface area (Å²) in [4.78, 5) is 10.5. The summed E-state index contributed by atoms with van der Waals surface area (Å²) in [5.41, 5.74) is 3.28. The van der Waals surface area contributed by atoms with Gasteiger partial charge in [0.1, 0.15) is 5.82 Å². The fourth-order valence-electron chi connectivity index (χ4n) is 3.82. The van der Waals surface area contributed by atoms with Gasteiger partial charge >= 0.3 is 0 Å². The van der Waals surface area contributed by atoms with Crippen LogP contribution in [0.5, 0.6) is 0 Å². The van der Waals surface area contributed by atoms with Gasteiger partial charge in [-0.05, 0) is 34.0 Å². The maximum absolute atomic E-state index is 10.9. The fourth-order valence-corrected chi connectivity index (χ4v) is 4.75. The van der Waals surface area contributed by atoms with E-state index in [0.717, 1.165) is 22.2 Å². The van der Waals surface area contributed by atoms with E-state index >= 15 is 0 Å². The molecule has 1 aromatic heterocycles. The minimum absolute atomic E-state index is 0.0913. The number of rotatable bonds is 7. The van der Waals surface area contributed by atoms with Crippen molar-refractivity contribution >= 4 is 28.2 Å². The smallest absolute Gasteiger partial charge is 0.269 e. The van der Waals surface area contributed by atoms with Crippen molar-refractivity contribution in [1.29, 1.82) is 0 Å². The molecule has 0 amide bonds. The number of fused-ring (bicyclic) bond motifs is 1. The van der Waals surface area contributed by atoms with Crippen molar-refractivity contribution < 1.29 is 4.92 Å². The highest BCUT2D eigenvalue weighted by atomic mass is 32.2. The SMILES string of the molecule is O=[N+]([O-])c1ccc(CSc2nnc(Cc3cccc4ccccc34)n2-c2ccccc2)cc1. The lowest BCUT2D eigenvalue weighted by Gasteiger charge is -2.11. The van der Waals surface area contributed by atoms with Crippen molar-refractivity contribution in [2.75, 3.05) is 0 Å². The number of thioether (sulfide) groups is 1. The number of hydrogen-bond donors (Lipinski definition) is 0. The molecule has 0 saturated carbocycles. The molecule has 33 heavy (non-hydrogen) atoms. The average molecular weight is 453 g/mol. The Kier molecular flexibility index (Phi) is 5.87. The zero-order valence-electron chi connectivity index (χ0n) is 17.7. The first-order chi connectivity index (χ1) is 16.2. The summed E-state index contributed by atoms with van der Waals surface area (Å²) < 4.78 is 2.10. The summed E-state index contributed by atoms with van der Waals surface area (Å²) in [7, 11) is 0. The molecule has 0 bridgehead atoms. The van der Waals surface area contributed by atoms with Gasteiger partial charge < -0.3 is 0 Å². The predicted molar refractivity (Wildman–Crippen MR) is 131 cm³/mol. The van der Waals surface area contributed by atoms with Crippen molar-refractivity contribution in [1.82, 2.24) is 14.8 Å². The van der Waals surface area contributed by atoms with E-state index in [2.05, 4.69) is 51.2 Å². The van der Waals surface area contributed by atoms with Gasteiger partial charge in [0.25, 0.3) is 5.69 Å². The number of nitro benzene ring substituents is 1. The Balaban J connectivity index is 1.47. The molecular formula is C26H20N4O2S. The van der Waals surface area contributed by atoms with Crippen LogP contribution in [0, 0.1) is 10.1 Å². The molecule has 0 spiro atoms. The standard InChI is InChI=1S/C26H20N4O2S/c31-30(32)23-15-13-19(14-16-23)18-33-26-28-27-25(29(26)22-10-2-1-3-11-22)17-21-9-6-8-20-7-4-5-12-24(20)21/h1-16H,17-18H2. The van der Waals surface area contributed by atoms with Crippen LogP contribution < -0.4 is 0 Å². The highest BCUT2D eigenvalue weighted by Crippen LogP contribution is 2.28. The molecule has 0 N–H and O–H groups in total. The third kappa shape index (κ3) is 4.49. The molecule has 0 aliphatic carbocycles. The first-order valence-electron chi connectivity index (χ1n) is 10.5. The quantitative estimate of drug-likeness (QED) is 0.167. The third-order valence-electron chi connectivity index (χ3n) is 5.46. The van der Waals surface area contributed by atoms with Gasteiger partial charge in [-0.1, -0.05) is 84.6 Å². The summed E-state index contributed by atoms with van der Waals surface area (Å²) in [6.45, 7) is 0. The second-order valence-corrected chi connectivity index (χ2v) is 8.54. The third-order valence-corrected chi connectivity index (χ3v) is 6.46. The number of nitro groups is 1. The molecule has 1 heterocycles. The molecule has 6 nitrogen and oxygen atoms in total. The van der Waals surface area contributed by atoms with Gasteiger partial charge in [-0.25, -0.2) is 0 Å². The van der Waals surface area contributed by atoms with Gasteiger partial charge in [-0.3, -0.25) is 14.7 Å². The number of non-ortho nitro benzene ring substituents is 1. The van der Waals surface area contributed by atoms with Crippen molar-refractivity contribution in [3.63, 3.8) is 0 Å². The van der Waals surface area contributed by atoms with Crippen molar-refractivity contribution in [2.24, 2.45) is 0 Å². The van der Waals surface area contributed by atoms with E-state index < -0.39 is 0 Å². The summed E-state index contributed by atoms with van der Waals surface area (Å²) in [5, 5.41) is 23.2. The van der Waals surface area contributed by atoms with Crippen LogP contribution in [0.3, 0.4) is 0 Å². The lowest BCUT2D eigenvalue weighted by molar-refractivity contribution is -0.384. The van der Waals surface area contributed by atoms with Gasteiger partial charge in [-0.2, -0.15) is 0 Å². The zero-order chi connectivity index (χ0) is 22.6. The highest BCUT2D eigenvalue weighted by Gasteiger charge is 2.16. The Bertz CT molecular complexity index is 1410. The molecule has 0 saturated heterocycles. The van der Waals surface area contributed by atoms with E-state index in [4.69, 9.17) is 0 Å². The minimum atomic E-state index is -0.386. The maximum Gasteiger partial charge on any atom is 0.269 e. The first kappa shape index (κ1) is 20.9. The number of aromatic nitrogens is 3. The molecule has 5 rings (SSSR count). The maximum atomic E-state index is 10.9. The number of benzene rings is 4.